The van der Waals surface area contributed by atoms with E-state index in [4.69, 9.17) is 0 Å². The van der Waals surface area contributed by atoms with Crippen molar-refractivity contribution in [2.45, 2.75) is 39.7 Å². The molecule has 1 aliphatic rings. The Bertz CT molecular complexity index is 179. The highest BCUT2D eigenvalue weighted by atomic mass is 14.8. The highest BCUT2D eigenvalue weighted by Gasteiger charge is 2.08. The van der Waals surface area contributed by atoms with E-state index in [0.717, 1.165) is 6.42 Å². The molecule has 0 bridgehead atoms. The van der Waals surface area contributed by atoms with Crippen molar-refractivity contribution < 1.29 is 0 Å². The number of hydrogen-bond donors (Lipinski definition) is 0. The van der Waals surface area contributed by atoms with Crippen LogP contribution in [-0.2, 0) is 0 Å². The van der Waals surface area contributed by atoms with Crippen molar-refractivity contribution in [3.63, 3.8) is 0 Å². The maximum absolute atomic E-state index is 4.39. The van der Waals surface area contributed by atoms with Crippen molar-refractivity contribution in [3.05, 3.63) is 11.6 Å². The number of allylic oxidation sites excluding steroid dienone is 1. The Hall–Kier alpha value is -0.590. The second kappa shape index (κ2) is 3.70. The Kier molecular flexibility index (Phi) is 2.86. The van der Waals surface area contributed by atoms with Crippen LogP contribution < -0.4 is 0 Å². The minimum absolute atomic E-state index is 0.503. The fourth-order valence-corrected chi connectivity index (χ4v) is 1.20. The van der Waals surface area contributed by atoms with Crippen LogP contribution in [0.25, 0.3) is 0 Å². The molecule has 0 aromatic heterocycles. The van der Waals surface area contributed by atoms with Crippen LogP contribution >= 0.6 is 0 Å². The van der Waals surface area contributed by atoms with E-state index in [0.29, 0.717) is 12.0 Å². The zero-order valence-electron chi connectivity index (χ0n) is 7.67. The number of hydrogen-bond acceptors (Lipinski definition) is 1. The molecule has 0 saturated heterocycles. The monoisotopic (exact) mass is 151 g/mol. The van der Waals surface area contributed by atoms with Gasteiger partial charge in [0.25, 0.3) is 0 Å². The lowest BCUT2D eigenvalue weighted by molar-refractivity contribution is 0.657. The van der Waals surface area contributed by atoms with Gasteiger partial charge in [-0.1, -0.05) is 19.9 Å². The summed E-state index contributed by atoms with van der Waals surface area (Å²) in [6.45, 7) is 6.63. The van der Waals surface area contributed by atoms with Crippen molar-refractivity contribution in [2.75, 3.05) is 0 Å². The fraction of sp³-hybridized carbons (Fsp3) is 0.700. The molecule has 62 valence electrons. The second-order valence-electron chi connectivity index (χ2n) is 3.38. The molecule has 0 saturated carbocycles. The highest BCUT2D eigenvalue weighted by Crippen LogP contribution is 2.17. The molecule has 11 heavy (non-hydrogen) atoms. The Morgan fingerprint density at radius 2 is 2.45 bits per heavy atom. The third kappa shape index (κ3) is 2.18. The first-order valence-corrected chi connectivity index (χ1v) is 4.47. The third-order valence-electron chi connectivity index (χ3n) is 2.35. The standard InChI is InChI=1S/C10H17N/c1-4-8(2)10-6-5-9(3)11-7-10/h6-9H,4-5H2,1-3H3/t8?,9-/m0/s1. The summed E-state index contributed by atoms with van der Waals surface area (Å²) in [5, 5.41) is 0. The second-order valence-corrected chi connectivity index (χ2v) is 3.38. The van der Waals surface area contributed by atoms with Crippen LogP contribution in [0.4, 0.5) is 0 Å². The molecule has 1 nitrogen and oxygen atoms in total. The smallest absolute Gasteiger partial charge is 0.0506 e. The van der Waals surface area contributed by atoms with E-state index in [1.165, 1.54) is 12.0 Å². The summed E-state index contributed by atoms with van der Waals surface area (Å²) in [6.07, 6.45) is 6.70. The van der Waals surface area contributed by atoms with E-state index in [-0.39, 0.29) is 0 Å². The van der Waals surface area contributed by atoms with Gasteiger partial charge in [0.2, 0.25) is 0 Å². The molecule has 0 radical (unpaired) electrons. The van der Waals surface area contributed by atoms with Gasteiger partial charge in [-0.25, -0.2) is 0 Å². The quantitative estimate of drug-likeness (QED) is 0.575. The number of rotatable bonds is 2. The molecule has 0 aromatic carbocycles. The van der Waals surface area contributed by atoms with Crippen LogP contribution in [0.5, 0.6) is 0 Å². The highest BCUT2D eigenvalue weighted by molar-refractivity contribution is 5.80. The minimum atomic E-state index is 0.503. The molecule has 1 rings (SSSR count). The van der Waals surface area contributed by atoms with Gasteiger partial charge in [0, 0.05) is 6.21 Å². The lowest BCUT2D eigenvalue weighted by Gasteiger charge is -2.15. The first kappa shape index (κ1) is 8.51. The van der Waals surface area contributed by atoms with Crippen LogP contribution in [0, 0.1) is 5.92 Å². The number of aliphatic imine (C=N–C) groups is 1. The van der Waals surface area contributed by atoms with Gasteiger partial charge in [-0.2, -0.15) is 0 Å². The summed E-state index contributed by atoms with van der Waals surface area (Å²) in [7, 11) is 0. The largest absolute Gasteiger partial charge is 0.290 e. The van der Waals surface area contributed by atoms with Crippen LogP contribution in [0.3, 0.4) is 0 Å². The molecular formula is C10H17N. The molecule has 1 unspecified atom stereocenters. The Balaban J connectivity index is 2.55. The zero-order valence-corrected chi connectivity index (χ0v) is 7.67. The molecule has 1 aliphatic heterocycles. The van der Waals surface area contributed by atoms with E-state index in [9.17, 15) is 0 Å². The molecule has 2 atom stereocenters. The van der Waals surface area contributed by atoms with Crippen molar-refractivity contribution in [1.29, 1.82) is 0 Å². The summed E-state index contributed by atoms with van der Waals surface area (Å²) < 4.78 is 0. The average Bonchev–Trinajstić information content (AvgIpc) is 2.05. The SMILES string of the molecule is CCC(C)C1=CC[C@H](C)N=C1. The van der Waals surface area contributed by atoms with Gasteiger partial charge in [0.1, 0.15) is 0 Å². The Morgan fingerprint density at radius 3 is 2.91 bits per heavy atom. The van der Waals surface area contributed by atoms with E-state index < -0.39 is 0 Å². The third-order valence-corrected chi connectivity index (χ3v) is 2.35. The molecule has 0 aliphatic carbocycles. The van der Waals surface area contributed by atoms with Gasteiger partial charge >= 0.3 is 0 Å². The van der Waals surface area contributed by atoms with Crippen LogP contribution in [0.2, 0.25) is 0 Å². The van der Waals surface area contributed by atoms with E-state index in [1.54, 1.807) is 0 Å². The van der Waals surface area contributed by atoms with Crippen LogP contribution in [0.1, 0.15) is 33.6 Å². The maximum atomic E-state index is 4.39. The molecular weight excluding hydrogens is 134 g/mol. The fourth-order valence-electron chi connectivity index (χ4n) is 1.20. The maximum Gasteiger partial charge on any atom is 0.0506 e. The van der Waals surface area contributed by atoms with Gasteiger partial charge in [-0.15, -0.1) is 0 Å². The molecule has 0 N–H and O–H groups in total. The van der Waals surface area contributed by atoms with Gasteiger partial charge in [-0.3, -0.25) is 4.99 Å². The van der Waals surface area contributed by atoms with Gasteiger partial charge < -0.3 is 0 Å². The zero-order chi connectivity index (χ0) is 8.27. The minimum Gasteiger partial charge on any atom is -0.290 e. The average molecular weight is 151 g/mol. The summed E-state index contributed by atoms with van der Waals surface area (Å²) >= 11 is 0. The van der Waals surface area contributed by atoms with E-state index in [1.807, 2.05) is 6.21 Å². The van der Waals surface area contributed by atoms with Crippen LogP contribution in [0.15, 0.2) is 16.6 Å². The van der Waals surface area contributed by atoms with Crippen molar-refractivity contribution in [1.82, 2.24) is 0 Å². The summed E-state index contributed by atoms with van der Waals surface area (Å²) in [6, 6.07) is 0.503. The summed E-state index contributed by atoms with van der Waals surface area (Å²) in [5.41, 5.74) is 1.42. The molecule has 1 heteroatoms. The van der Waals surface area contributed by atoms with Crippen molar-refractivity contribution >= 4 is 6.21 Å². The van der Waals surface area contributed by atoms with Crippen molar-refractivity contribution in [3.8, 4) is 0 Å². The van der Waals surface area contributed by atoms with Crippen LogP contribution in [-0.4, -0.2) is 12.3 Å². The Morgan fingerprint density at radius 1 is 1.73 bits per heavy atom. The van der Waals surface area contributed by atoms with E-state index >= 15 is 0 Å². The summed E-state index contributed by atoms with van der Waals surface area (Å²) in [4.78, 5) is 4.39. The molecule has 1 heterocycles. The molecule has 0 amide bonds. The topological polar surface area (TPSA) is 12.4 Å². The van der Waals surface area contributed by atoms with Gasteiger partial charge in [0.05, 0.1) is 6.04 Å². The predicted octanol–water partition coefficient (Wildman–Crippen LogP) is 2.82. The molecule has 0 spiro atoms. The summed E-state index contributed by atoms with van der Waals surface area (Å²) in [5.74, 6) is 0.686. The lowest BCUT2D eigenvalue weighted by atomic mass is 9.96. The normalized spacial score (nSPS) is 26.5. The predicted molar refractivity (Wildman–Crippen MR) is 50.1 cm³/mol. The Labute approximate surface area is 69.2 Å². The lowest BCUT2D eigenvalue weighted by Crippen LogP contribution is -2.08. The van der Waals surface area contributed by atoms with Gasteiger partial charge in [-0.05, 0) is 31.3 Å². The van der Waals surface area contributed by atoms with Crippen molar-refractivity contribution in [2.24, 2.45) is 10.9 Å². The molecule has 0 fully saturated rings. The van der Waals surface area contributed by atoms with E-state index in [2.05, 4.69) is 31.8 Å². The first-order chi connectivity index (χ1) is 5.24. The number of nitrogens with zero attached hydrogens (tertiary/aromatic N) is 1. The first-order valence-electron chi connectivity index (χ1n) is 4.47. The molecule has 0 aromatic rings. The number of dihydropyridines is 1. The van der Waals surface area contributed by atoms with Gasteiger partial charge in [0.15, 0.2) is 0 Å².